The summed E-state index contributed by atoms with van der Waals surface area (Å²) in [6.07, 6.45) is 6.65. The maximum absolute atomic E-state index is 15.3. The first kappa shape index (κ1) is 24.6. The van der Waals surface area contributed by atoms with Crippen LogP contribution < -0.4 is 4.90 Å². The fourth-order valence-corrected chi connectivity index (χ4v) is 7.62. The summed E-state index contributed by atoms with van der Waals surface area (Å²) in [5, 5.41) is 3.07. The number of nitrogens with zero attached hydrogens (tertiary/aromatic N) is 4. The minimum Gasteiger partial charge on any atom is -0.371 e. The fraction of sp³-hybridized carbons (Fsp3) is 0.407. The van der Waals surface area contributed by atoms with Crippen molar-refractivity contribution in [1.29, 1.82) is 0 Å². The number of piperidine rings is 1. The van der Waals surface area contributed by atoms with Gasteiger partial charge in [-0.05, 0) is 49.8 Å². The Hall–Kier alpha value is -3.04. The molecular formula is C27H31FN4O3S. The number of hydrogen-bond acceptors (Lipinski definition) is 6. The van der Waals surface area contributed by atoms with Gasteiger partial charge in [0.1, 0.15) is 11.1 Å². The van der Waals surface area contributed by atoms with Crippen LogP contribution >= 0.6 is 0 Å². The lowest BCUT2D eigenvalue weighted by Gasteiger charge is -2.39. The lowest BCUT2D eigenvalue weighted by Crippen LogP contribution is -2.46. The van der Waals surface area contributed by atoms with Crippen molar-refractivity contribution >= 4 is 15.7 Å². The van der Waals surface area contributed by atoms with Crippen molar-refractivity contribution in [1.82, 2.24) is 14.4 Å². The lowest BCUT2D eigenvalue weighted by atomic mass is 9.96. The third-order valence-corrected chi connectivity index (χ3v) is 9.72. The number of sulfonamides is 1. The van der Waals surface area contributed by atoms with E-state index >= 15 is 4.39 Å². The molecule has 0 saturated carbocycles. The zero-order chi connectivity index (χ0) is 25.1. The van der Waals surface area contributed by atoms with E-state index < -0.39 is 15.3 Å². The smallest absolute Gasteiger partial charge is 0.229 e. The molecule has 2 fully saturated rings. The van der Waals surface area contributed by atoms with E-state index in [-0.39, 0.29) is 24.3 Å². The highest BCUT2D eigenvalue weighted by atomic mass is 32.2. The molecule has 0 N–H and O–H groups in total. The van der Waals surface area contributed by atoms with Crippen LogP contribution in [0.1, 0.15) is 60.3 Å². The van der Waals surface area contributed by atoms with Gasteiger partial charge < -0.3 is 9.42 Å². The van der Waals surface area contributed by atoms with Gasteiger partial charge in [-0.1, -0.05) is 47.6 Å². The molecule has 2 atom stereocenters. The summed E-state index contributed by atoms with van der Waals surface area (Å²) in [5.74, 6) is 0.485. The van der Waals surface area contributed by atoms with E-state index in [4.69, 9.17) is 4.52 Å². The van der Waals surface area contributed by atoms with Crippen molar-refractivity contribution in [3.63, 3.8) is 0 Å². The van der Waals surface area contributed by atoms with Crippen molar-refractivity contribution in [3.05, 3.63) is 90.3 Å². The number of benzene rings is 2. The minimum atomic E-state index is -3.67. The molecular weight excluding hydrogens is 479 g/mol. The molecule has 2 aromatic carbocycles. The van der Waals surface area contributed by atoms with Gasteiger partial charge in [-0.15, -0.1) is 6.58 Å². The number of halogens is 1. The molecule has 0 bridgehead atoms. The van der Waals surface area contributed by atoms with Gasteiger partial charge in [0, 0.05) is 42.8 Å². The Morgan fingerprint density at radius 1 is 1.08 bits per heavy atom. The predicted octanol–water partition coefficient (Wildman–Crippen LogP) is 5.20. The first-order valence-corrected chi connectivity index (χ1v) is 13.9. The quantitative estimate of drug-likeness (QED) is 0.406. The third-order valence-electron chi connectivity index (χ3n) is 7.42. The molecule has 2 unspecified atom stereocenters. The molecule has 0 radical (unpaired) electrons. The van der Waals surface area contributed by atoms with Crippen LogP contribution in [0.5, 0.6) is 0 Å². The first-order valence-electron chi connectivity index (χ1n) is 12.4. The summed E-state index contributed by atoms with van der Waals surface area (Å²) in [6, 6.07) is 14.2. The van der Waals surface area contributed by atoms with Crippen molar-refractivity contribution in [3.8, 4) is 0 Å². The number of anilines is 1. The normalized spacial score (nSPS) is 23.0. The van der Waals surface area contributed by atoms with E-state index in [1.807, 2.05) is 36.4 Å². The Kier molecular flexibility index (Phi) is 7.20. The van der Waals surface area contributed by atoms with Gasteiger partial charge in [-0.25, -0.2) is 12.8 Å². The topological polar surface area (TPSA) is 79.5 Å². The van der Waals surface area contributed by atoms with Crippen LogP contribution in [-0.2, 0) is 16.6 Å². The van der Waals surface area contributed by atoms with Gasteiger partial charge >= 0.3 is 0 Å². The van der Waals surface area contributed by atoms with Crippen molar-refractivity contribution in [2.24, 2.45) is 0 Å². The molecule has 2 aliphatic rings. The minimum absolute atomic E-state index is 0.00945. The molecule has 9 heteroatoms. The standard InChI is InChI=1S/C27H31FN4O3S/c1-2-6-23-11-12-26(20-7-4-3-5-8-20)36(33,34)32(23)18-22-9-10-24(17-25(22)28)31-15-13-21(14-16-31)27-29-19-30-35-27/h2-5,7-10,17,19,21,23,26H,1,6,11-16,18H2. The van der Waals surface area contributed by atoms with Crippen molar-refractivity contribution < 1.29 is 17.3 Å². The molecule has 0 aliphatic carbocycles. The summed E-state index contributed by atoms with van der Waals surface area (Å²) < 4.78 is 49.4. The van der Waals surface area contributed by atoms with Gasteiger partial charge in [0.15, 0.2) is 6.33 Å². The van der Waals surface area contributed by atoms with E-state index in [2.05, 4.69) is 21.6 Å². The Balaban J connectivity index is 1.33. The number of rotatable bonds is 7. The number of aromatic nitrogens is 2. The highest BCUT2D eigenvalue weighted by molar-refractivity contribution is 7.89. The molecule has 36 heavy (non-hydrogen) atoms. The molecule has 0 spiro atoms. The SMILES string of the molecule is C=CCC1CCC(c2ccccc2)S(=O)(=O)N1Cc1ccc(N2CCC(c3ncno3)CC2)cc1F. The van der Waals surface area contributed by atoms with Crippen LogP contribution in [0.3, 0.4) is 0 Å². The average Bonchev–Trinajstić information content (AvgIpc) is 3.43. The molecule has 3 heterocycles. The largest absolute Gasteiger partial charge is 0.371 e. The zero-order valence-electron chi connectivity index (χ0n) is 20.2. The Labute approximate surface area is 211 Å². The average molecular weight is 511 g/mol. The second-order valence-corrected chi connectivity index (χ2v) is 11.6. The van der Waals surface area contributed by atoms with E-state index in [1.165, 1.54) is 16.7 Å². The van der Waals surface area contributed by atoms with Crippen LogP contribution in [0.25, 0.3) is 0 Å². The molecule has 0 amide bonds. The van der Waals surface area contributed by atoms with Gasteiger partial charge in [0.25, 0.3) is 0 Å². The molecule has 3 aromatic rings. The van der Waals surface area contributed by atoms with Crippen molar-refractivity contribution in [2.45, 2.75) is 55.9 Å². The second-order valence-electron chi connectivity index (χ2n) is 9.56. The number of hydrogen-bond donors (Lipinski definition) is 0. The predicted molar refractivity (Wildman–Crippen MR) is 136 cm³/mol. The van der Waals surface area contributed by atoms with Crippen LogP contribution in [0, 0.1) is 5.82 Å². The van der Waals surface area contributed by atoms with E-state index in [0.29, 0.717) is 30.7 Å². The summed E-state index contributed by atoms with van der Waals surface area (Å²) in [6.45, 7) is 5.33. The van der Waals surface area contributed by atoms with Gasteiger partial charge in [-0.2, -0.15) is 9.29 Å². The molecule has 2 aliphatic heterocycles. The highest BCUT2D eigenvalue weighted by Crippen LogP contribution is 2.39. The monoisotopic (exact) mass is 510 g/mol. The van der Waals surface area contributed by atoms with Gasteiger partial charge in [-0.3, -0.25) is 0 Å². The molecule has 1 aromatic heterocycles. The van der Waals surface area contributed by atoms with Crippen LogP contribution in [0.2, 0.25) is 0 Å². The Bertz CT molecular complexity index is 1280. The summed E-state index contributed by atoms with van der Waals surface area (Å²) in [7, 11) is -3.67. The molecule has 5 rings (SSSR count). The van der Waals surface area contributed by atoms with E-state index in [0.717, 1.165) is 37.2 Å². The van der Waals surface area contributed by atoms with Gasteiger partial charge in [0.05, 0.1) is 0 Å². The van der Waals surface area contributed by atoms with Crippen LogP contribution in [-0.4, -0.2) is 42.0 Å². The van der Waals surface area contributed by atoms with Crippen LogP contribution in [0.4, 0.5) is 10.1 Å². The molecule has 190 valence electrons. The Morgan fingerprint density at radius 3 is 2.53 bits per heavy atom. The summed E-state index contributed by atoms with van der Waals surface area (Å²) in [4.78, 5) is 6.30. The maximum atomic E-state index is 15.3. The third kappa shape index (κ3) is 4.95. The molecule has 7 nitrogen and oxygen atoms in total. The second kappa shape index (κ2) is 10.5. The van der Waals surface area contributed by atoms with E-state index in [9.17, 15) is 8.42 Å². The van der Waals surface area contributed by atoms with Crippen molar-refractivity contribution in [2.75, 3.05) is 18.0 Å². The van der Waals surface area contributed by atoms with E-state index in [1.54, 1.807) is 12.1 Å². The lowest BCUT2D eigenvalue weighted by molar-refractivity contribution is 0.264. The molecule has 2 saturated heterocycles. The van der Waals surface area contributed by atoms with Gasteiger partial charge in [0.2, 0.25) is 15.9 Å². The summed E-state index contributed by atoms with van der Waals surface area (Å²) >= 11 is 0. The first-order chi connectivity index (χ1) is 17.5. The Morgan fingerprint density at radius 2 is 1.86 bits per heavy atom. The van der Waals surface area contributed by atoms with Crippen LogP contribution in [0.15, 0.2) is 72.0 Å². The fourth-order valence-electron chi connectivity index (χ4n) is 5.44. The zero-order valence-corrected chi connectivity index (χ0v) is 21.0. The summed E-state index contributed by atoms with van der Waals surface area (Å²) in [5.41, 5.74) is 1.96. The highest BCUT2D eigenvalue weighted by Gasteiger charge is 2.42. The maximum Gasteiger partial charge on any atom is 0.229 e.